The van der Waals surface area contributed by atoms with Crippen LogP contribution in [0.5, 0.6) is 0 Å². The first-order chi connectivity index (χ1) is 0. The second-order valence-corrected chi connectivity index (χ2v) is 0. The number of hydrogen-bond acceptors (Lipinski definition) is 0. The molecule has 0 aliphatic rings. The molecule has 1 heteroatoms. The molecular formula is C7H22Ir-6. The van der Waals surface area contributed by atoms with Crippen molar-refractivity contribution in [2.45, 2.75) is 7.43 Å². The van der Waals surface area contributed by atoms with E-state index in [9.17, 15) is 0 Å². The molecular weight excluding hydrogens is 276 g/mol. The van der Waals surface area contributed by atoms with Gasteiger partial charge in [0.25, 0.3) is 0 Å². The van der Waals surface area contributed by atoms with Crippen LogP contribution in [-0.2, 0) is 20.1 Å². The van der Waals surface area contributed by atoms with Gasteiger partial charge in [0.1, 0.15) is 0 Å². The maximum absolute atomic E-state index is 0. The Balaban J connectivity index is 0. The van der Waals surface area contributed by atoms with Crippen LogP contribution in [0.25, 0.3) is 0 Å². The summed E-state index contributed by atoms with van der Waals surface area (Å²) in [7, 11) is 0. The van der Waals surface area contributed by atoms with E-state index in [1.807, 2.05) is 0 Å². The van der Waals surface area contributed by atoms with Gasteiger partial charge in [-0.25, -0.2) is 0 Å². The van der Waals surface area contributed by atoms with Crippen LogP contribution in [0, 0.1) is 44.6 Å². The monoisotopic (exact) mass is 299 g/mol. The molecule has 0 aromatic rings. The molecule has 0 aromatic carbocycles. The Kier molecular flexibility index (Phi) is 120000. The van der Waals surface area contributed by atoms with Gasteiger partial charge >= 0.3 is 0 Å². The first-order valence-electron chi connectivity index (χ1n) is 0. The minimum atomic E-state index is 0. The molecule has 0 bridgehead atoms. The first-order valence-corrected chi connectivity index (χ1v) is 0. The van der Waals surface area contributed by atoms with Crippen molar-refractivity contribution in [3.8, 4) is 0 Å². The summed E-state index contributed by atoms with van der Waals surface area (Å²) in [6.45, 7) is 0. The second kappa shape index (κ2) is 802. The van der Waals surface area contributed by atoms with Crippen LogP contribution in [0.4, 0.5) is 0 Å². The third kappa shape index (κ3) is 503. The first kappa shape index (κ1) is 1200. The van der Waals surface area contributed by atoms with Crippen LogP contribution in [0.15, 0.2) is 0 Å². The Morgan fingerprint density at radius 3 is 0.375 bits per heavy atom. The van der Waals surface area contributed by atoms with Crippen molar-refractivity contribution >= 4 is 0 Å². The van der Waals surface area contributed by atoms with Gasteiger partial charge in [-0.3, -0.25) is 0 Å². The molecule has 8 heavy (non-hydrogen) atoms. The van der Waals surface area contributed by atoms with Crippen LogP contribution in [0.1, 0.15) is 7.43 Å². The molecule has 1 radical (unpaired) electrons. The second-order valence-electron chi connectivity index (χ2n) is 0. The Bertz CT molecular complexity index is 4.35. The van der Waals surface area contributed by atoms with Gasteiger partial charge in [0, 0.05) is 20.1 Å². The van der Waals surface area contributed by atoms with E-state index in [-0.39, 0.29) is 72.1 Å². The quantitative estimate of drug-likeness (QED) is 0.602. The average molecular weight is 298 g/mol. The molecule has 0 N–H and O–H groups in total. The van der Waals surface area contributed by atoms with E-state index in [2.05, 4.69) is 0 Å². The predicted molar refractivity (Wildman–Crippen MR) is 45.2 cm³/mol. The van der Waals surface area contributed by atoms with Crippen LogP contribution < -0.4 is 0 Å². The van der Waals surface area contributed by atoms with Crippen molar-refractivity contribution in [1.29, 1.82) is 0 Å². The molecule has 0 saturated carbocycles. The van der Waals surface area contributed by atoms with E-state index in [1.54, 1.807) is 0 Å². The van der Waals surface area contributed by atoms with Gasteiger partial charge < -0.3 is 44.6 Å². The van der Waals surface area contributed by atoms with Gasteiger partial charge in [0.15, 0.2) is 0 Å². The zero-order valence-electron chi connectivity index (χ0n) is 6.33. The summed E-state index contributed by atoms with van der Waals surface area (Å²) in [5.74, 6) is 0. The molecule has 0 amide bonds. The van der Waals surface area contributed by atoms with E-state index in [4.69, 9.17) is 0 Å². The zero-order chi connectivity index (χ0) is 0. The van der Waals surface area contributed by atoms with E-state index >= 15 is 0 Å². The predicted octanol–water partition coefficient (Wildman–Crippen LogP) is 3.34. The van der Waals surface area contributed by atoms with E-state index < -0.39 is 0 Å². The molecule has 0 rings (SSSR count). The minimum Gasteiger partial charge on any atom is -0.358 e. The fourth-order valence-electron chi connectivity index (χ4n) is 0. The van der Waals surface area contributed by atoms with Gasteiger partial charge in [-0.2, -0.15) is 0 Å². The summed E-state index contributed by atoms with van der Waals surface area (Å²) in [4.78, 5) is 0. The molecule has 0 atom stereocenters. The van der Waals surface area contributed by atoms with Crippen molar-refractivity contribution < 1.29 is 20.1 Å². The van der Waals surface area contributed by atoms with Crippen molar-refractivity contribution in [2.24, 2.45) is 0 Å². The summed E-state index contributed by atoms with van der Waals surface area (Å²) in [5.41, 5.74) is 0. The van der Waals surface area contributed by atoms with E-state index in [0.717, 1.165) is 0 Å². The van der Waals surface area contributed by atoms with Crippen LogP contribution in [0.3, 0.4) is 0 Å². The van der Waals surface area contributed by atoms with Crippen LogP contribution in [0.2, 0.25) is 0 Å². The van der Waals surface area contributed by atoms with Gasteiger partial charge in [-0.1, -0.05) is 7.43 Å². The number of rotatable bonds is 0. The maximum Gasteiger partial charge on any atom is 0 e. The summed E-state index contributed by atoms with van der Waals surface area (Å²) in [5, 5.41) is 0. The molecule has 0 aliphatic carbocycles. The van der Waals surface area contributed by atoms with E-state index in [0.29, 0.717) is 0 Å². The normalized spacial score (nSPS) is 0. The number of hydrogen-bond donors (Lipinski definition) is 0. The van der Waals surface area contributed by atoms with Crippen LogP contribution >= 0.6 is 0 Å². The molecule has 0 nitrogen and oxygen atoms in total. The van der Waals surface area contributed by atoms with Crippen molar-refractivity contribution in [3.63, 3.8) is 0 Å². The molecule has 0 heterocycles. The third-order valence-corrected chi connectivity index (χ3v) is 0. The third-order valence-electron chi connectivity index (χ3n) is 0. The zero-order valence-corrected chi connectivity index (χ0v) is 8.73. The smallest absolute Gasteiger partial charge is 0 e. The molecule has 0 aliphatic heterocycles. The molecule has 65 valence electrons. The molecule has 0 aromatic heterocycles. The maximum atomic E-state index is 0. The van der Waals surface area contributed by atoms with Gasteiger partial charge in [0.05, 0.1) is 0 Å². The van der Waals surface area contributed by atoms with Crippen LogP contribution in [-0.4, -0.2) is 0 Å². The van der Waals surface area contributed by atoms with Crippen molar-refractivity contribution in [1.82, 2.24) is 0 Å². The standard InChI is InChI=1S/CH4.6CH3.Ir/h1H4;6*1H3;/q;6*-1;. The molecule has 0 saturated heterocycles. The Labute approximate surface area is 72.4 Å². The average Bonchev–Trinajstić information content (AvgIpc) is 0. The van der Waals surface area contributed by atoms with E-state index in [1.165, 1.54) is 0 Å². The van der Waals surface area contributed by atoms with Crippen molar-refractivity contribution in [3.05, 3.63) is 44.6 Å². The van der Waals surface area contributed by atoms with Crippen molar-refractivity contribution in [2.75, 3.05) is 0 Å². The fraction of sp³-hybridized carbons (Fsp3) is 0.143. The van der Waals surface area contributed by atoms with Gasteiger partial charge in [-0.05, 0) is 0 Å². The fourth-order valence-corrected chi connectivity index (χ4v) is 0. The van der Waals surface area contributed by atoms with Gasteiger partial charge in [-0.15, -0.1) is 0 Å². The Morgan fingerprint density at radius 2 is 0.375 bits per heavy atom. The summed E-state index contributed by atoms with van der Waals surface area (Å²) in [6, 6.07) is 0. The summed E-state index contributed by atoms with van der Waals surface area (Å²) in [6.07, 6.45) is 0. The topological polar surface area (TPSA) is 0 Å². The summed E-state index contributed by atoms with van der Waals surface area (Å²) < 4.78 is 0. The Morgan fingerprint density at radius 1 is 0.375 bits per heavy atom. The largest absolute Gasteiger partial charge is 0.358 e. The SMILES string of the molecule is C.[CH3-].[CH3-].[CH3-].[CH3-].[CH3-].[CH3-].[Ir]. The molecule has 0 spiro atoms. The molecule has 0 unspecified atom stereocenters. The minimum absolute atomic E-state index is 0. The summed E-state index contributed by atoms with van der Waals surface area (Å²) >= 11 is 0. The Hall–Kier alpha value is 0.649. The van der Waals surface area contributed by atoms with Gasteiger partial charge in [0.2, 0.25) is 0 Å². The molecule has 0 fully saturated rings.